The average molecular weight is 348 g/mol. The second-order valence-corrected chi connectivity index (χ2v) is 7.74. The predicted octanol–water partition coefficient (Wildman–Crippen LogP) is 1.47. The van der Waals surface area contributed by atoms with E-state index in [0.29, 0.717) is 12.1 Å². The summed E-state index contributed by atoms with van der Waals surface area (Å²) in [7, 11) is 0. The van der Waals surface area contributed by atoms with Gasteiger partial charge in [-0.3, -0.25) is 0 Å². The second kappa shape index (κ2) is 9.49. The van der Waals surface area contributed by atoms with Crippen molar-refractivity contribution in [2.45, 2.75) is 77.5 Å². The zero-order valence-electron chi connectivity index (χ0n) is 14.7. The first kappa shape index (κ1) is 21.4. The molecule has 129 valence electrons. The van der Waals surface area contributed by atoms with Gasteiger partial charge in [0.2, 0.25) is 0 Å². The van der Waals surface area contributed by atoms with Crippen LogP contribution in [0, 0.1) is 0 Å². The van der Waals surface area contributed by atoms with E-state index in [9.17, 15) is 0 Å². The fourth-order valence-corrected chi connectivity index (χ4v) is 3.26. The summed E-state index contributed by atoms with van der Waals surface area (Å²) in [6.07, 6.45) is 2.29. The quantitative estimate of drug-likeness (QED) is 0.501. The molecule has 0 aromatic heterocycles. The molecule has 0 aromatic carbocycles. The molecule has 5 heteroatoms. The molecular formula is C16H36CuN4+2. The van der Waals surface area contributed by atoms with Crippen molar-refractivity contribution in [2.75, 3.05) is 26.2 Å². The van der Waals surface area contributed by atoms with Crippen LogP contribution in [0.15, 0.2) is 0 Å². The largest absolute Gasteiger partial charge is 2.00 e. The summed E-state index contributed by atoms with van der Waals surface area (Å²) >= 11 is 0. The molecule has 1 rings (SSSR count). The van der Waals surface area contributed by atoms with Gasteiger partial charge in [-0.1, -0.05) is 0 Å². The first-order valence-electron chi connectivity index (χ1n) is 8.17. The Hall–Kier alpha value is 0.359. The van der Waals surface area contributed by atoms with Crippen molar-refractivity contribution < 1.29 is 17.1 Å². The van der Waals surface area contributed by atoms with Crippen LogP contribution in [-0.2, 0) is 17.1 Å². The van der Waals surface area contributed by atoms with Gasteiger partial charge in [0.15, 0.2) is 0 Å². The molecular weight excluding hydrogens is 312 g/mol. The van der Waals surface area contributed by atoms with E-state index < -0.39 is 0 Å². The van der Waals surface area contributed by atoms with E-state index >= 15 is 0 Å². The summed E-state index contributed by atoms with van der Waals surface area (Å²) in [5, 5.41) is 14.6. The minimum absolute atomic E-state index is 0. The molecule has 1 radical (unpaired) electrons. The van der Waals surface area contributed by atoms with Crippen molar-refractivity contribution >= 4 is 0 Å². The van der Waals surface area contributed by atoms with Crippen LogP contribution in [0.1, 0.15) is 54.4 Å². The van der Waals surface area contributed by atoms with Gasteiger partial charge >= 0.3 is 17.1 Å². The first-order valence-corrected chi connectivity index (χ1v) is 8.17. The summed E-state index contributed by atoms with van der Waals surface area (Å²) in [4.78, 5) is 0. The molecule has 2 atom stereocenters. The zero-order chi connectivity index (χ0) is 15.2. The fraction of sp³-hybridized carbons (Fsp3) is 1.00. The third-order valence-corrected chi connectivity index (χ3v) is 4.08. The van der Waals surface area contributed by atoms with Crippen molar-refractivity contribution in [1.82, 2.24) is 21.3 Å². The van der Waals surface area contributed by atoms with E-state index in [4.69, 9.17) is 0 Å². The molecule has 4 nitrogen and oxygen atoms in total. The normalized spacial score (nSPS) is 31.7. The Bertz CT molecular complexity index is 253. The van der Waals surface area contributed by atoms with Gasteiger partial charge in [-0.15, -0.1) is 0 Å². The van der Waals surface area contributed by atoms with Crippen molar-refractivity contribution in [2.24, 2.45) is 0 Å². The Morgan fingerprint density at radius 1 is 0.667 bits per heavy atom. The molecule has 0 aliphatic carbocycles. The van der Waals surface area contributed by atoms with Crippen molar-refractivity contribution in [3.05, 3.63) is 0 Å². The van der Waals surface area contributed by atoms with Crippen molar-refractivity contribution in [3.63, 3.8) is 0 Å². The van der Waals surface area contributed by atoms with E-state index in [1.165, 1.54) is 0 Å². The monoisotopic (exact) mass is 347 g/mol. The van der Waals surface area contributed by atoms with Gasteiger partial charge in [0, 0.05) is 49.3 Å². The molecule has 1 saturated heterocycles. The van der Waals surface area contributed by atoms with Gasteiger partial charge in [-0.05, 0) is 54.4 Å². The molecule has 1 fully saturated rings. The molecule has 1 heterocycles. The van der Waals surface area contributed by atoms with Gasteiger partial charge in [0.05, 0.1) is 0 Å². The summed E-state index contributed by atoms with van der Waals surface area (Å²) in [5.41, 5.74) is 0.377. The van der Waals surface area contributed by atoms with Crippen LogP contribution in [0.5, 0.6) is 0 Å². The maximum absolute atomic E-state index is 3.67. The maximum Gasteiger partial charge on any atom is 2.00 e. The fourth-order valence-electron chi connectivity index (χ4n) is 3.26. The van der Waals surface area contributed by atoms with E-state index in [0.717, 1.165) is 39.0 Å². The van der Waals surface area contributed by atoms with Crippen LogP contribution in [0.4, 0.5) is 0 Å². The van der Waals surface area contributed by atoms with Crippen LogP contribution in [0.25, 0.3) is 0 Å². The standard InChI is InChI=1S/C16H36N4.Cu/c1-13-11-15(3,4)19-10-8-18-14(2)12-16(5,6)20-9-7-17-13;/h13-14,17-20H,7-12H2,1-6H3;/q;+2. The van der Waals surface area contributed by atoms with Crippen LogP contribution in [0.2, 0.25) is 0 Å². The molecule has 1 aliphatic rings. The SMILES string of the molecule is CC1CC(C)(C)NCCNC(C)CC(C)(C)NCCN1.[Cu+2]. The number of rotatable bonds is 0. The number of nitrogens with one attached hydrogen (secondary N) is 4. The van der Waals surface area contributed by atoms with E-state index in [1.807, 2.05) is 0 Å². The molecule has 1 aliphatic heterocycles. The molecule has 0 saturated carbocycles. The molecule has 0 bridgehead atoms. The van der Waals surface area contributed by atoms with E-state index in [2.05, 4.69) is 62.8 Å². The molecule has 4 N–H and O–H groups in total. The summed E-state index contributed by atoms with van der Waals surface area (Å²) < 4.78 is 0. The first-order chi connectivity index (χ1) is 9.20. The average Bonchev–Trinajstić information content (AvgIpc) is 2.28. The van der Waals surface area contributed by atoms with E-state index in [-0.39, 0.29) is 28.1 Å². The Balaban J connectivity index is 0.00000400. The zero-order valence-corrected chi connectivity index (χ0v) is 15.6. The van der Waals surface area contributed by atoms with Gasteiger partial charge in [-0.25, -0.2) is 0 Å². The molecule has 0 spiro atoms. The van der Waals surface area contributed by atoms with Gasteiger partial charge < -0.3 is 21.3 Å². The van der Waals surface area contributed by atoms with Gasteiger partial charge in [-0.2, -0.15) is 0 Å². The Morgan fingerprint density at radius 3 is 1.33 bits per heavy atom. The van der Waals surface area contributed by atoms with E-state index in [1.54, 1.807) is 0 Å². The molecule has 21 heavy (non-hydrogen) atoms. The molecule has 2 unspecified atom stereocenters. The van der Waals surface area contributed by atoms with Crippen LogP contribution in [-0.4, -0.2) is 49.3 Å². The Morgan fingerprint density at radius 2 is 1.00 bits per heavy atom. The smallest absolute Gasteiger partial charge is 0.313 e. The summed E-state index contributed by atoms with van der Waals surface area (Å²) in [6.45, 7) is 17.8. The predicted molar refractivity (Wildman–Crippen MR) is 88.3 cm³/mol. The Labute approximate surface area is 142 Å². The topological polar surface area (TPSA) is 48.1 Å². The number of hydrogen-bond acceptors (Lipinski definition) is 4. The third-order valence-electron chi connectivity index (χ3n) is 4.08. The molecule has 0 amide bonds. The summed E-state index contributed by atoms with van der Waals surface area (Å²) in [5.74, 6) is 0. The Kier molecular flexibility index (Phi) is 9.65. The van der Waals surface area contributed by atoms with Gasteiger partial charge in [0.25, 0.3) is 0 Å². The van der Waals surface area contributed by atoms with Crippen LogP contribution >= 0.6 is 0 Å². The van der Waals surface area contributed by atoms with Crippen LogP contribution < -0.4 is 21.3 Å². The third kappa shape index (κ3) is 9.88. The second-order valence-electron chi connectivity index (χ2n) is 7.74. The van der Waals surface area contributed by atoms with Gasteiger partial charge in [0.1, 0.15) is 0 Å². The van der Waals surface area contributed by atoms with Crippen molar-refractivity contribution in [3.8, 4) is 0 Å². The minimum atomic E-state index is 0. The molecule has 0 aromatic rings. The number of hydrogen-bond donors (Lipinski definition) is 4. The minimum Gasteiger partial charge on any atom is -0.313 e. The summed E-state index contributed by atoms with van der Waals surface area (Å²) in [6, 6.07) is 1.08. The van der Waals surface area contributed by atoms with Crippen LogP contribution in [0.3, 0.4) is 0 Å². The van der Waals surface area contributed by atoms with Crippen molar-refractivity contribution in [1.29, 1.82) is 0 Å². The maximum atomic E-state index is 3.67.